The fraction of sp³-hybridized carbons (Fsp3) is 0.533. The van der Waals surface area contributed by atoms with Gasteiger partial charge in [-0.3, -0.25) is 4.79 Å². The van der Waals surface area contributed by atoms with E-state index < -0.39 is 6.10 Å². The van der Waals surface area contributed by atoms with Gasteiger partial charge in [-0.2, -0.15) is 0 Å². The number of carbonyl (C=O) groups is 1. The maximum absolute atomic E-state index is 11.6. The van der Waals surface area contributed by atoms with Crippen LogP contribution in [0, 0.1) is 0 Å². The molecule has 114 valence electrons. The Morgan fingerprint density at radius 3 is 2.90 bits per heavy atom. The SMILES string of the molecule is CC1CN(C)CCCN1c1cc2c(cc1Cl)C(O)C(=O)N2. The maximum atomic E-state index is 11.6. The lowest BCUT2D eigenvalue weighted by atomic mass is 10.1. The van der Waals surface area contributed by atoms with E-state index in [0.717, 1.165) is 31.7 Å². The Morgan fingerprint density at radius 2 is 2.14 bits per heavy atom. The molecule has 2 N–H and O–H groups in total. The Kier molecular flexibility index (Phi) is 3.82. The molecule has 2 atom stereocenters. The molecule has 1 saturated heterocycles. The number of likely N-dealkylation sites (N-methyl/N-ethyl adjacent to an activating group) is 1. The Hall–Kier alpha value is -1.30. The van der Waals surface area contributed by atoms with E-state index in [4.69, 9.17) is 11.6 Å². The largest absolute Gasteiger partial charge is 0.378 e. The van der Waals surface area contributed by atoms with Gasteiger partial charge in [0.15, 0.2) is 6.10 Å². The van der Waals surface area contributed by atoms with Crippen LogP contribution < -0.4 is 10.2 Å². The van der Waals surface area contributed by atoms with Crippen LogP contribution >= 0.6 is 11.6 Å². The molecule has 21 heavy (non-hydrogen) atoms. The third-order valence-electron chi connectivity index (χ3n) is 4.28. The fourth-order valence-electron chi connectivity index (χ4n) is 3.20. The molecule has 2 unspecified atom stereocenters. The highest BCUT2D eigenvalue weighted by Gasteiger charge is 2.31. The van der Waals surface area contributed by atoms with E-state index in [9.17, 15) is 9.90 Å². The first-order valence-corrected chi connectivity index (χ1v) is 7.62. The Balaban J connectivity index is 1.96. The van der Waals surface area contributed by atoms with E-state index in [0.29, 0.717) is 22.3 Å². The summed E-state index contributed by atoms with van der Waals surface area (Å²) in [6.07, 6.45) is -0.0392. The third kappa shape index (κ3) is 2.61. The van der Waals surface area contributed by atoms with Crippen molar-refractivity contribution in [1.82, 2.24) is 4.90 Å². The number of rotatable bonds is 1. The number of amides is 1. The second kappa shape index (κ2) is 5.48. The molecule has 0 bridgehead atoms. The van der Waals surface area contributed by atoms with Crippen molar-refractivity contribution < 1.29 is 9.90 Å². The fourth-order valence-corrected chi connectivity index (χ4v) is 3.48. The number of hydrogen-bond donors (Lipinski definition) is 2. The van der Waals surface area contributed by atoms with E-state index in [-0.39, 0.29) is 5.91 Å². The lowest BCUT2D eigenvalue weighted by Crippen LogP contribution is -2.38. The van der Waals surface area contributed by atoms with Crippen molar-refractivity contribution in [2.75, 3.05) is 36.9 Å². The first-order chi connectivity index (χ1) is 9.97. The monoisotopic (exact) mass is 309 g/mol. The summed E-state index contributed by atoms with van der Waals surface area (Å²) in [7, 11) is 2.13. The van der Waals surface area contributed by atoms with Crippen LogP contribution in [0.25, 0.3) is 0 Å². The zero-order chi connectivity index (χ0) is 15.1. The first kappa shape index (κ1) is 14.6. The van der Waals surface area contributed by atoms with Gasteiger partial charge in [-0.05, 0) is 39.1 Å². The van der Waals surface area contributed by atoms with Crippen LogP contribution in [0.5, 0.6) is 0 Å². The number of hydrogen-bond acceptors (Lipinski definition) is 4. The topological polar surface area (TPSA) is 55.8 Å². The van der Waals surface area contributed by atoms with Gasteiger partial charge in [0.25, 0.3) is 5.91 Å². The third-order valence-corrected chi connectivity index (χ3v) is 4.58. The zero-order valence-corrected chi connectivity index (χ0v) is 13.0. The summed E-state index contributed by atoms with van der Waals surface area (Å²) in [5.74, 6) is -0.387. The Morgan fingerprint density at radius 1 is 1.38 bits per heavy atom. The lowest BCUT2D eigenvalue weighted by molar-refractivity contribution is -0.123. The van der Waals surface area contributed by atoms with Crippen molar-refractivity contribution in [3.05, 3.63) is 22.7 Å². The lowest BCUT2D eigenvalue weighted by Gasteiger charge is -2.31. The summed E-state index contributed by atoms with van der Waals surface area (Å²) in [6, 6.07) is 3.93. The molecular formula is C15H20ClN3O2. The highest BCUT2D eigenvalue weighted by atomic mass is 35.5. The quantitative estimate of drug-likeness (QED) is 0.831. The molecule has 0 spiro atoms. The molecular weight excluding hydrogens is 290 g/mol. The maximum Gasteiger partial charge on any atom is 0.257 e. The summed E-state index contributed by atoms with van der Waals surface area (Å²) in [4.78, 5) is 16.2. The first-order valence-electron chi connectivity index (χ1n) is 7.25. The van der Waals surface area contributed by atoms with Crippen molar-refractivity contribution in [3.63, 3.8) is 0 Å². The number of nitrogens with zero attached hydrogens (tertiary/aromatic N) is 2. The van der Waals surface area contributed by atoms with Gasteiger partial charge in [0.2, 0.25) is 0 Å². The van der Waals surface area contributed by atoms with Crippen molar-refractivity contribution in [2.24, 2.45) is 0 Å². The zero-order valence-electron chi connectivity index (χ0n) is 12.3. The number of aliphatic hydroxyl groups is 1. The molecule has 1 amide bonds. The van der Waals surface area contributed by atoms with Crippen LogP contribution in [0.4, 0.5) is 11.4 Å². The minimum absolute atomic E-state index is 0.343. The molecule has 2 aliphatic rings. The van der Waals surface area contributed by atoms with Crippen LogP contribution in [0.2, 0.25) is 5.02 Å². The number of carbonyl (C=O) groups excluding carboxylic acids is 1. The molecule has 0 saturated carbocycles. The normalized spacial score (nSPS) is 26.5. The summed E-state index contributed by atoms with van der Waals surface area (Å²) in [6.45, 7) is 5.15. The van der Waals surface area contributed by atoms with Crippen molar-refractivity contribution >= 4 is 28.9 Å². The van der Waals surface area contributed by atoms with Crippen molar-refractivity contribution in [2.45, 2.75) is 25.5 Å². The second-order valence-electron chi connectivity index (χ2n) is 5.94. The van der Waals surface area contributed by atoms with Crippen molar-refractivity contribution in [3.8, 4) is 0 Å². The van der Waals surface area contributed by atoms with Gasteiger partial charge in [-0.1, -0.05) is 11.6 Å². The number of halogens is 1. The van der Waals surface area contributed by atoms with E-state index >= 15 is 0 Å². The van der Waals surface area contributed by atoms with Gasteiger partial charge in [-0.15, -0.1) is 0 Å². The number of benzene rings is 1. The Labute approximate surface area is 129 Å². The number of aliphatic hydroxyl groups excluding tert-OH is 1. The van der Waals surface area contributed by atoms with Crippen LogP contribution in [0.15, 0.2) is 12.1 Å². The van der Waals surface area contributed by atoms with Crippen LogP contribution in [-0.2, 0) is 4.79 Å². The Bertz CT molecular complexity index is 578. The van der Waals surface area contributed by atoms with E-state index in [1.54, 1.807) is 6.07 Å². The van der Waals surface area contributed by atoms with Gasteiger partial charge in [0.1, 0.15) is 0 Å². The van der Waals surface area contributed by atoms with Gasteiger partial charge >= 0.3 is 0 Å². The number of anilines is 2. The van der Waals surface area contributed by atoms with Gasteiger partial charge in [0, 0.05) is 30.4 Å². The van der Waals surface area contributed by atoms with E-state index in [1.165, 1.54) is 0 Å². The average molecular weight is 310 g/mol. The standard InChI is InChI=1S/C15H20ClN3O2/c1-9-8-18(2)4-3-5-19(9)13-7-12-10(6-11(13)16)14(20)15(21)17-12/h6-7,9,14,20H,3-5,8H2,1-2H3,(H,17,21). The summed E-state index contributed by atoms with van der Waals surface area (Å²) < 4.78 is 0. The molecule has 0 aliphatic carbocycles. The van der Waals surface area contributed by atoms with Gasteiger partial charge in [0.05, 0.1) is 10.7 Å². The summed E-state index contributed by atoms with van der Waals surface area (Å²) in [5, 5.41) is 13.1. The molecule has 1 aromatic carbocycles. The molecule has 3 rings (SSSR count). The molecule has 0 aromatic heterocycles. The molecule has 1 fully saturated rings. The predicted octanol–water partition coefficient (Wildman–Crippen LogP) is 1.86. The molecule has 1 aromatic rings. The van der Waals surface area contributed by atoms with Gasteiger partial charge in [-0.25, -0.2) is 0 Å². The second-order valence-corrected chi connectivity index (χ2v) is 6.35. The van der Waals surface area contributed by atoms with Gasteiger partial charge < -0.3 is 20.2 Å². The van der Waals surface area contributed by atoms with Crippen LogP contribution in [0.3, 0.4) is 0 Å². The molecule has 2 aliphatic heterocycles. The smallest absolute Gasteiger partial charge is 0.257 e. The summed E-state index contributed by atoms with van der Waals surface area (Å²) >= 11 is 6.40. The molecule has 0 radical (unpaired) electrons. The predicted molar refractivity (Wildman–Crippen MR) is 84.0 cm³/mol. The minimum atomic E-state index is -1.11. The van der Waals surface area contributed by atoms with E-state index in [2.05, 4.69) is 29.1 Å². The highest BCUT2D eigenvalue weighted by molar-refractivity contribution is 6.33. The van der Waals surface area contributed by atoms with E-state index in [1.807, 2.05) is 6.07 Å². The summed E-state index contributed by atoms with van der Waals surface area (Å²) in [5.41, 5.74) is 2.15. The number of nitrogens with one attached hydrogen (secondary N) is 1. The molecule has 2 heterocycles. The number of fused-ring (bicyclic) bond motifs is 1. The van der Waals surface area contributed by atoms with Crippen LogP contribution in [-0.4, -0.2) is 48.6 Å². The van der Waals surface area contributed by atoms with Crippen molar-refractivity contribution in [1.29, 1.82) is 0 Å². The minimum Gasteiger partial charge on any atom is -0.378 e. The van der Waals surface area contributed by atoms with Crippen LogP contribution in [0.1, 0.15) is 25.0 Å². The molecule has 5 nitrogen and oxygen atoms in total. The molecule has 6 heteroatoms. The highest BCUT2D eigenvalue weighted by Crippen LogP contribution is 2.39. The average Bonchev–Trinajstić information content (AvgIpc) is 2.59.